The number of nitrogens with zero attached hydrogens (tertiary/aromatic N) is 2. The number of phenols is 3. The molecule has 1 aliphatic heterocycles. The standard InChI is InChI=1S/C28H42N2O3.2BrH/c1-2-15-29(19-14-23-12-13-27(32)28(33)22-23)16-5-3-4-6-17-30-18-8-10-25(30)20-24-9-7-11-26(31)21-24;;/h7,9,11-13,21-22,25,31-33H,2-6,8,10,14-20H2,1H3;2*1H/t25-;;/m1../s1. The minimum Gasteiger partial charge on any atom is -0.508 e. The number of halogens is 2. The Balaban J connectivity index is 0.00000306. The molecule has 0 saturated carbocycles. The van der Waals surface area contributed by atoms with Crippen molar-refractivity contribution in [1.29, 1.82) is 0 Å². The summed E-state index contributed by atoms with van der Waals surface area (Å²) in [5.41, 5.74) is 2.31. The molecule has 1 aliphatic rings. The summed E-state index contributed by atoms with van der Waals surface area (Å²) >= 11 is 0. The molecule has 198 valence electrons. The van der Waals surface area contributed by atoms with E-state index in [1.165, 1.54) is 57.2 Å². The highest BCUT2D eigenvalue weighted by Crippen LogP contribution is 2.25. The van der Waals surface area contributed by atoms with Crippen molar-refractivity contribution in [1.82, 2.24) is 9.80 Å². The van der Waals surface area contributed by atoms with Crippen LogP contribution in [0.5, 0.6) is 17.2 Å². The number of hydrogen-bond acceptors (Lipinski definition) is 5. The van der Waals surface area contributed by atoms with Crippen molar-refractivity contribution in [2.45, 2.75) is 70.8 Å². The van der Waals surface area contributed by atoms with Crippen LogP contribution in [0.2, 0.25) is 0 Å². The third-order valence-corrected chi connectivity index (χ3v) is 6.85. The smallest absolute Gasteiger partial charge is 0.157 e. The second kappa shape index (κ2) is 17.2. The van der Waals surface area contributed by atoms with E-state index in [1.54, 1.807) is 18.2 Å². The monoisotopic (exact) mass is 614 g/mol. The first-order valence-electron chi connectivity index (χ1n) is 12.8. The van der Waals surface area contributed by atoms with E-state index in [-0.39, 0.29) is 45.5 Å². The molecule has 3 N–H and O–H groups in total. The maximum Gasteiger partial charge on any atom is 0.157 e. The van der Waals surface area contributed by atoms with Crippen molar-refractivity contribution < 1.29 is 15.3 Å². The summed E-state index contributed by atoms with van der Waals surface area (Å²) in [6.45, 7) is 7.84. The van der Waals surface area contributed by atoms with E-state index >= 15 is 0 Å². The van der Waals surface area contributed by atoms with Gasteiger partial charge in [-0.25, -0.2) is 0 Å². The molecular weight excluding hydrogens is 572 g/mol. The highest BCUT2D eigenvalue weighted by Gasteiger charge is 2.24. The van der Waals surface area contributed by atoms with Crippen LogP contribution in [0, 0.1) is 0 Å². The zero-order valence-corrected chi connectivity index (χ0v) is 24.5. The van der Waals surface area contributed by atoms with Crippen LogP contribution in [0.15, 0.2) is 42.5 Å². The van der Waals surface area contributed by atoms with Gasteiger partial charge in [0.2, 0.25) is 0 Å². The molecule has 1 saturated heterocycles. The highest BCUT2D eigenvalue weighted by molar-refractivity contribution is 8.93. The number of unbranched alkanes of at least 4 members (excludes halogenated alkanes) is 3. The molecule has 0 amide bonds. The Kier molecular flexibility index (Phi) is 15.6. The quantitative estimate of drug-likeness (QED) is 0.168. The van der Waals surface area contributed by atoms with Crippen LogP contribution in [-0.2, 0) is 12.8 Å². The van der Waals surface area contributed by atoms with Crippen LogP contribution >= 0.6 is 34.0 Å². The first-order chi connectivity index (χ1) is 16.0. The molecule has 0 radical (unpaired) electrons. The lowest BCUT2D eigenvalue weighted by Gasteiger charge is -2.25. The molecular formula is C28H44Br2N2O3. The van der Waals surface area contributed by atoms with Gasteiger partial charge in [0, 0.05) is 12.6 Å². The van der Waals surface area contributed by atoms with Crippen LogP contribution in [0.1, 0.15) is 63.0 Å². The van der Waals surface area contributed by atoms with Gasteiger partial charge in [-0.2, -0.15) is 0 Å². The van der Waals surface area contributed by atoms with Crippen molar-refractivity contribution in [2.75, 3.05) is 32.7 Å². The first-order valence-corrected chi connectivity index (χ1v) is 12.8. The van der Waals surface area contributed by atoms with Crippen molar-refractivity contribution in [3.63, 3.8) is 0 Å². The predicted octanol–water partition coefficient (Wildman–Crippen LogP) is 6.48. The summed E-state index contributed by atoms with van der Waals surface area (Å²) in [5.74, 6) is 0.288. The maximum atomic E-state index is 9.73. The van der Waals surface area contributed by atoms with Crippen LogP contribution in [0.3, 0.4) is 0 Å². The summed E-state index contributed by atoms with van der Waals surface area (Å²) in [7, 11) is 0. The van der Waals surface area contributed by atoms with Crippen LogP contribution < -0.4 is 0 Å². The topological polar surface area (TPSA) is 67.2 Å². The fraction of sp³-hybridized carbons (Fsp3) is 0.571. The van der Waals surface area contributed by atoms with Gasteiger partial charge in [-0.15, -0.1) is 34.0 Å². The number of rotatable bonds is 14. The van der Waals surface area contributed by atoms with Crippen molar-refractivity contribution in [3.8, 4) is 17.2 Å². The number of benzene rings is 2. The zero-order chi connectivity index (χ0) is 23.5. The van der Waals surface area contributed by atoms with Gasteiger partial charge in [0.15, 0.2) is 11.5 Å². The van der Waals surface area contributed by atoms with E-state index in [2.05, 4.69) is 22.8 Å². The molecule has 0 aromatic heterocycles. The van der Waals surface area contributed by atoms with E-state index < -0.39 is 0 Å². The molecule has 0 bridgehead atoms. The first kappa shape index (κ1) is 31.7. The van der Waals surface area contributed by atoms with Gasteiger partial charge in [0.25, 0.3) is 0 Å². The van der Waals surface area contributed by atoms with Gasteiger partial charge in [0.05, 0.1) is 0 Å². The Morgan fingerprint density at radius 2 is 1.66 bits per heavy atom. The van der Waals surface area contributed by atoms with Crippen LogP contribution in [0.4, 0.5) is 0 Å². The van der Waals surface area contributed by atoms with Gasteiger partial charge < -0.3 is 25.1 Å². The predicted molar refractivity (Wildman–Crippen MR) is 156 cm³/mol. The van der Waals surface area contributed by atoms with Crippen LogP contribution in [-0.4, -0.2) is 63.9 Å². The third kappa shape index (κ3) is 11.1. The molecule has 3 rings (SSSR count). The van der Waals surface area contributed by atoms with Gasteiger partial charge in [-0.3, -0.25) is 0 Å². The molecule has 7 heteroatoms. The molecule has 35 heavy (non-hydrogen) atoms. The minimum absolute atomic E-state index is 0. The molecule has 2 aromatic rings. The molecule has 1 atom stereocenters. The summed E-state index contributed by atoms with van der Waals surface area (Å²) in [6.07, 6.45) is 10.7. The Bertz CT molecular complexity index is 853. The second-order valence-electron chi connectivity index (χ2n) is 9.53. The lowest BCUT2D eigenvalue weighted by Crippen LogP contribution is -2.32. The zero-order valence-electron chi connectivity index (χ0n) is 21.1. The molecule has 2 aromatic carbocycles. The third-order valence-electron chi connectivity index (χ3n) is 6.85. The molecule has 1 fully saturated rings. The maximum absolute atomic E-state index is 9.73. The molecule has 0 spiro atoms. The van der Waals surface area contributed by atoms with Gasteiger partial charge in [-0.1, -0.05) is 38.0 Å². The summed E-state index contributed by atoms with van der Waals surface area (Å²) in [6, 6.07) is 13.5. The highest BCUT2D eigenvalue weighted by atomic mass is 79.9. The Labute approximate surface area is 232 Å². The van der Waals surface area contributed by atoms with Crippen LogP contribution in [0.25, 0.3) is 0 Å². The minimum atomic E-state index is -0.0521. The summed E-state index contributed by atoms with van der Waals surface area (Å²) < 4.78 is 0. The second-order valence-corrected chi connectivity index (χ2v) is 9.53. The molecule has 5 nitrogen and oxygen atoms in total. The lowest BCUT2D eigenvalue weighted by atomic mass is 10.0. The van der Waals surface area contributed by atoms with Gasteiger partial charge in [-0.05, 0) is 107 Å². The van der Waals surface area contributed by atoms with Gasteiger partial charge >= 0.3 is 0 Å². The van der Waals surface area contributed by atoms with Gasteiger partial charge in [0.1, 0.15) is 5.75 Å². The average molecular weight is 616 g/mol. The normalized spacial score (nSPS) is 15.7. The Morgan fingerprint density at radius 1 is 0.857 bits per heavy atom. The van der Waals surface area contributed by atoms with Crippen molar-refractivity contribution in [3.05, 3.63) is 53.6 Å². The fourth-order valence-corrected chi connectivity index (χ4v) is 5.04. The van der Waals surface area contributed by atoms with Crippen molar-refractivity contribution >= 4 is 34.0 Å². The SMILES string of the molecule is Br.Br.CCCN(CCCCCCN1CCC[C@@H]1Cc1cccc(O)c1)CCc1ccc(O)c(O)c1. The average Bonchev–Trinajstić information content (AvgIpc) is 3.23. The molecule has 0 aliphatic carbocycles. The van der Waals surface area contributed by atoms with E-state index in [9.17, 15) is 15.3 Å². The fourth-order valence-electron chi connectivity index (χ4n) is 5.04. The van der Waals surface area contributed by atoms with E-state index in [0.717, 1.165) is 44.5 Å². The number of hydrogen-bond donors (Lipinski definition) is 3. The molecule has 1 heterocycles. The van der Waals surface area contributed by atoms with E-state index in [4.69, 9.17) is 0 Å². The van der Waals surface area contributed by atoms with E-state index in [0.29, 0.717) is 11.8 Å². The Morgan fingerprint density at radius 3 is 2.40 bits per heavy atom. The van der Waals surface area contributed by atoms with Crippen molar-refractivity contribution in [2.24, 2.45) is 0 Å². The Hall–Kier alpha value is -1.28. The lowest BCUT2D eigenvalue weighted by molar-refractivity contribution is 0.242. The number of likely N-dealkylation sites (tertiary alicyclic amines) is 1. The summed E-state index contributed by atoms with van der Waals surface area (Å²) in [4.78, 5) is 5.18. The number of phenolic OH excluding ortho intramolecular Hbond substituents is 3. The molecule has 0 unspecified atom stereocenters. The number of aromatic hydroxyl groups is 3. The largest absolute Gasteiger partial charge is 0.508 e. The van der Waals surface area contributed by atoms with E-state index in [1.807, 2.05) is 18.2 Å². The summed E-state index contributed by atoms with van der Waals surface area (Å²) in [5, 5.41) is 28.9.